The molecule has 0 radical (unpaired) electrons. The number of halogens is 1. The summed E-state index contributed by atoms with van der Waals surface area (Å²) in [6.45, 7) is 8.36. The summed E-state index contributed by atoms with van der Waals surface area (Å²) in [5, 5.41) is 12.0. The van der Waals surface area contributed by atoms with E-state index in [9.17, 15) is 24.3 Å². The predicted molar refractivity (Wildman–Crippen MR) is 183 cm³/mol. The Labute approximate surface area is 302 Å². The number of aliphatic hydroxyl groups is 1. The van der Waals surface area contributed by atoms with Crippen molar-refractivity contribution in [3.05, 3.63) is 46.5 Å². The van der Waals surface area contributed by atoms with E-state index in [1.54, 1.807) is 38.3 Å². The van der Waals surface area contributed by atoms with Gasteiger partial charge in [-0.1, -0.05) is 42.3 Å². The maximum Gasteiger partial charge on any atom is 0.373 e. The fraction of sp³-hybridized carbons (Fsp3) is 0.583. The minimum Gasteiger partial charge on any atom is -0.495 e. The molecule has 0 spiro atoms. The highest BCUT2D eigenvalue weighted by atomic mass is 35.5. The van der Waals surface area contributed by atoms with E-state index in [-0.39, 0.29) is 36.3 Å². The molecule has 4 bridgehead atoms. The van der Waals surface area contributed by atoms with Crippen molar-refractivity contribution in [2.45, 2.75) is 102 Å². The van der Waals surface area contributed by atoms with Crippen LogP contribution in [0.4, 0.5) is 5.69 Å². The second-order valence-electron chi connectivity index (χ2n) is 13.4. The first-order chi connectivity index (χ1) is 23.9. The molecule has 0 aromatic heterocycles. The number of carbonyl (C=O) groups excluding carboxylic acids is 6. The minimum absolute atomic E-state index is 0.0675. The summed E-state index contributed by atoms with van der Waals surface area (Å²) in [6.07, 6.45) is 2.32. The Morgan fingerprint density at radius 3 is 2.45 bits per heavy atom. The third-order valence-electron chi connectivity index (χ3n) is 9.89. The van der Waals surface area contributed by atoms with E-state index in [0.29, 0.717) is 17.9 Å². The highest BCUT2D eigenvalue weighted by Gasteiger charge is 2.64. The third-order valence-corrected chi connectivity index (χ3v) is 10.3. The highest BCUT2D eigenvalue weighted by molar-refractivity contribution is 6.35. The lowest BCUT2D eigenvalue weighted by atomic mass is 9.78. The normalized spacial score (nSPS) is 31.5. The lowest BCUT2D eigenvalue weighted by Crippen LogP contribution is -2.53. The maximum atomic E-state index is 14.0. The van der Waals surface area contributed by atoms with Gasteiger partial charge in [-0.05, 0) is 44.9 Å². The van der Waals surface area contributed by atoms with Crippen molar-refractivity contribution in [1.29, 1.82) is 0 Å². The molecule has 2 saturated heterocycles. The van der Waals surface area contributed by atoms with Gasteiger partial charge >= 0.3 is 18.1 Å². The number of likely N-dealkylation sites (N-methyl/N-ethyl adjacent to an activating group) is 1. The maximum absolute atomic E-state index is 14.0. The molecule has 51 heavy (non-hydrogen) atoms. The summed E-state index contributed by atoms with van der Waals surface area (Å²) >= 11 is 6.72. The number of esters is 2. The number of epoxide rings is 1. The standard InChI is InChI=1S/C35H47ClN2O10.CO2/c1-19-11-10-12-27(45-9)35(43)17-26(46-30(41)18-35)20(2)32-34(5,48-32)28(47-33(42)21(3)37(6)22(4)39)16-29(40)38(7)24-14-23(13-19)15-25(44-8)31(24)36;2-1-3/h10-12,14-15,20-21,26-28,32,43H,13,16-18H2,1-9H3;/b12-10+,19-11+;/t20-,21+,26+,27-,28+,32+,34+,35-;/m1./s1. The second kappa shape index (κ2) is 17.0. The van der Waals surface area contributed by atoms with Crippen LogP contribution in [-0.2, 0) is 54.1 Å². The van der Waals surface area contributed by atoms with Crippen LogP contribution in [0, 0.1) is 5.92 Å². The average molecular weight is 735 g/mol. The number of rotatable bonds is 5. The molecule has 3 heterocycles. The van der Waals surface area contributed by atoms with Crippen molar-refractivity contribution in [2.24, 2.45) is 5.92 Å². The van der Waals surface area contributed by atoms with Gasteiger partial charge in [-0.2, -0.15) is 9.59 Å². The highest BCUT2D eigenvalue weighted by Crippen LogP contribution is 2.49. The molecule has 0 aliphatic carbocycles. The monoisotopic (exact) mass is 734 g/mol. The first-order valence-electron chi connectivity index (χ1n) is 16.4. The zero-order valence-corrected chi connectivity index (χ0v) is 31.1. The van der Waals surface area contributed by atoms with Gasteiger partial charge in [-0.25, -0.2) is 4.79 Å². The molecule has 14 nitrogen and oxygen atoms in total. The lowest BCUT2D eigenvalue weighted by Gasteiger charge is -2.41. The molecule has 2 fully saturated rings. The predicted octanol–water partition coefficient (Wildman–Crippen LogP) is 3.20. The zero-order chi connectivity index (χ0) is 38.4. The lowest BCUT2D eigenvalue weighted by molar-refractivity contribution is -0.192. The zero-order valence-electron chi connectivity index (χ0n) is 30.4. The Hall–Kier alpha value is -4.07. The number of fused-ring (bicyclic) bond motifs is 5. The summed E-state index contributed by atoms with van der Waals surface area (Å²) in [6, 6.07) is 2.66. The van der Waals surface area contributed by atoms with Gasteiger partial charge in [-0.15, -0.1) is 0 Å². The molecule has 8 atom stereocenters. The second-order valence-corrected chi connectivity index (χ2v) is 13.8. The molecular formula is C36H47ClN2O12. The Kier molecular flexibility index (Phi) is 13.8. The van der Waals surface area contributed by atoms with E-state index in [2.05, 4.69) is 0 Å². The van der Waals surface area contributed by atoms with Crippen LogP contribution >= 0.6 is 11.6 Å². The van der Waals surface area contributed by atoms with Gasteiger partial charge in [0.1, 0.15) is 46.3 Å². The number of carbonyl (C=O) groups is 4. The number of amides is 2. The topological polar surface area (TPSA) is 179 Å². The van der Waals surface area contributed by atoms with Crippen molar-refractivity contribution < 1.29 is 57.6 Å². The average Bonchev–Trinajstić information content (AvgIpc) is 3.77. The molecule has 1 aromatic carbocycles. The summed E-state index contributed by atoms with van der Waals surface area (Å²) in [4.78, 5) is 71.1. The quantitative estimate of drug-likeness (QED) is 0.346. The van der Waals surface area contributed by atoms with E-state index >= 15 is 0 Å². The molecule has 280 valence electrons. The SMILES string of the molecule is COc1cc2cc(c1Cl)N(C)C(=O)C[C@H](OC(=O)[C@H](C)N(C)C(C)=O)[C@]1(C)O[C@H]1[C@H](C)[C@@H]1C[C@@](O)(CC(=O)O1)[C@H](OC)/C=C/C=C(\C)C2.O=C=O. The molecule has 2 amide bonds. The van der Waals surface area contributed by atoms with Crippen LogP contribution in [0.25, 0.3) is 0 Å². The van der Waals surface area contributed by atoms with E-state index in [1.165, 1.54) is 44.9 Å². The first kappa shape index (κ1) is 41.4. The van der Waals surface area contributed by atoms with Crippen LogP contribution in [0.3, 0.4) is 0 Å². The van der Waals surface area contributed by atoms with Gasteiger partial charge in [0.05, 0.1) is 31.7 Å². The van der Waals surface area contributed by atoms with Crippen molar-refractivity contribution in [1.82, 2.24) is 4.90 Å². The molecular weight excluding hydrogens is 688 g/mol. The number of hydrogen-bond donors (Lipinski definition) is 1. The molecule has 15 heteroatoms. The largest absolute Gasteiger partial charge is 0.495 e. The fourth-order valence-corrected chi connectivity index (χ4v) is 6.84. The van der Waals surface area contributed by atoms with Gasteiger partial charge in [-0.3, -0.25) is 14.4 Å². The first-order valence-corrected chi connectivity index (χ1v) is 16.8. The van der Waals surface area contributed by atoms with Gasteiger partial charge in [0, 0.05) is 40.5 Å². The van der Waals surface area contributed by atoms with E-state index in [1.807, 2.05) is 19.9 Å². The summed E-state index contributed by atoms with van der Waals surface area (Å²) < 4.78 is 29.1. The number of hydrogen-bond acceptors (Lipinski definition) is 12. The summed E-state index contributed by atoms with van der Waals surface area (Å²) in [7, 11) is 6.02. The van der Waals surface area contributed by atoms with Crippen LogP contribution in [0.1, 0.15) is 59.4 Å². The number of nitrogens with zero attached hydrogens (tertiary/aromatic N) is 2. The van der Waals surface area contributed by atoms with Gasteiger partial charge in [0.2, 0.25) is 11.8 Å². The number of benzene rings is 1. The fourth-order valence-electron chi connectivity index (χ4n) is 6.53. The smallest absolute Gasteiger partial charge is 0.373 e. The van der Waals surface area contributed by atoms with Crippen LogP contribution in [0.2, 0.25) is 5.02 Å². The number of allylic oxidation sites excluding steroid dienone is 3. The van der Waals surface area contributed by atoms with Crippen molar-refractivity contribution >= 4 is 47.2 Å². The van der Waals surface area contributed by atoms with Crippen molar-refractivity contribution in [3.63, 3.8) is 0 Å². The molecule has 0 saturated carbocycles. The molecule has 0 unspecified atom stereocenters. The van der Waals surface area contributed by atoms with E-state index in [0.717, 1.165) is 11.1 Å². The van der Waals surface area contributed by atoms with E-state index < -0.39 is 65.4 Å². The Morgan fingerprint density at radius 2 is 1.86 bits per heavy atom. The molecule has 1 N–H and O–H groups in total. The Morgan fingerprint density at radius 1 is 1.22 bits per heavy atom. The molecule has 4 rings (SSSR count). The minimum atomic E-state index is -1.56. The number of anilines is 1. The van der Waals surface area contributed by atoms with Gasteiger partial charge < -0.3 is 38.6 Å². The van der Waals surface area contributed by atoms with Crippen LogP contribution in [-0.4, -0.2) is 110 Å². The summed E-state index contributed by atoms with van der Waals surface area (Å²) in [5.41, 5.74) is -0.560. The Balaban J connectivity index is 0.00000226. The van der Waals surface area contributed by atoms with Crippen LogP contribution in [0.15, 0.2) is 35.9 Å². The van der Waals surface area contributed by atoms with Crippen LogP contribution in [0.5, 0.6) is 5.75 Å². The van der Waals surface area contributed by atoms with Crippen molar-refractivity contribution in [3.8, 4) is 5.75 Å². The summed E-state index contributed by atoms with van der Waals surface area (Å²) in [5.74, 6) is -2.14. The van der Waals surface area contributed by atoms with E-state index in [4.69, 9.17) is 44.9 Å². The van der Waals surface area contributed by atoms with Gasteiger partial charge in [0.25, 0.3) is 0 Å². The van der Waals surface area contributed by atoms with Crippen molar-refractivity contribution in [2.75, 3.05) is 33.2 Å². The van der Waals surface area contributed by atoms with Gasteiger partial charge in [0.15, 0.2) is 0 Å². The van der Waals surface area contributed by atoms with Crippen LogP contribution < -0.4 is 9.64 Å². The molecule has 1 aromatic rings. The number of ether oxygens (including phenoxy) is 5. The number of methoxy groups -OCH3 is 2. The third kappa shape index (κ3) is 9.43. The molecule has 3 aliphatic heterocycles. The Bertz CT molecular complexity index is 1590. The molecule has 3 aliphatic rings.